The first kappa shape index (κ1) is 15.5. The van der Waals surface area contributed by atoms with E-state index in [1.165, 1.54) is 6.07 Å². The van der Waals surface area contributed by atoms with Crippen LogP contribution in [0.5, 0.6) is 0 Å². The minimum Gasteiger partial charge on any atom is -0.378 e. The molecule has 1 N–H and O–H groups in total. The smallest absolute Gasteiger partial charge is 0.123 e. The summed E-state index contributed by atoms with van der Waals surface area (Å²) >= 11 is 0. The number of hydrogen-bond acceptors (Lipinski definition) is 2. The van der Waals surface area contributed by atoms with Gasteiger partial charge in [0.1, 0.15) is 5.82 Å². The largest absolute Gasteiger partial charge is 0.378 e. The average molecular weight is 286 g/mol. The van der Waals surface area contributed by atoms with E-state index in [0.29, 0.717) is 12.6 Å². The molecule has 0 atom stereocenters. The van der Waals surface area contributed by atoms with Crippen molar-refractivity contribution in [2.75, 3.05) is 19.0 Å². The molecule has 0 aromatic heterocycles. The number of nitrogens with zero attached hydrogens (tertiary/aromatic N) is 1. The molecule has 0 bridgehead atoms. The molecular weight excluding hydrogens is 263 g/mol. The number of hydrogen-bond donors (Lipinski definition) is 1. The maximum Gasteiger partial charge on any atom is 0.123 e. The molecule has 0 amide bonds. The van der Waals surface area contributed by atoms with Crippen molar-refractivity contribution in [3.8, 4) is 11.1 Å². The summed E-state index contributed by atoms with van der Waals surface area (Å²) in [4.78, 5) is 2.07. The maximum absolute atomic E-state index is 13.5. The van der Waals surface area contributed by atoms with Gasteiger partial charge < -0.3 is 10.2 Å². The van der Waals surface area contributed by atoms with Crippen molar-refractivity contribution in [2.45, 2.75) is 26.4 Å². The Morgan fingerprint density at radius 1 is 1.05 bits per heavy atom. The number of anilines is 1. The molecule has 3 heteroatoms. The molecule has 2 rings (SSSR count). The second-order valence-electron chi connectivity index (χ2n) is 5.78. The molecule has 0 aliphatic heterocycles. The third-order valence-corrected chi connectivity index (χ3v) is 3.46. The minimum absolute atomic E-state index is 0.191. The van der Waals surface area contributed by atoms with E-state index in [4.69, 9.17) is 0 Å². The van der Waals surface area contributed by atoms with E-state index < -0.39 is 0 Å². The average Bonchev–Trinajstić information content (AvgIpc) is 2.45. The summed E-state index contributed by atoms with van der Waals surface area (Å²) in [6.07, 6.45) is 0. The second-order valence-corrected chi connectivity index (χ2v) is 5.78. The van der Waals surface area contributed by atoms with Gasteiger partial charge in [0.2, 0.25) is 0 Å². The Morgan fingerprint density at radius 3 is 2.29 bits per heavy atom. The fraction of sp³-hybridized carbons (Fsp3) is 0.333. The normalized spacial score (nSPS) is 11.0. The summed E-state index contributed by atoms with van der Waals surface area (Å²) in [5.41, 5.74) is 4.33. The molecule has 0 heterocycles. The molecule has 0 aliphatic carbocycles. The Kier molecular flexibility index (Phi) is 4.97. The van der Waals surface area contributed by atoms with Crippen molar-refractivity contribution in [3.63, 3.8) is 0 Å². The molecule has 0 radical (unpaired) electrons. The molecule has 0 aliphatic rings. The highest BCUT2D eigenvalue weighted by molar-refractivity contribution is 5.69. The van der Waals surface area contributed by atoms with Crippen LogP contribution in [0.1, 0.15) is 19.4 Å². The van der Waals surface area contributed by atoms with Gasteiger partial charge in [0.15, 0.2) is 0 Å². The van der Waals surface area contributed by atoms with E-state index in [1.54, 1.807) is 6.07 Å². The fourth-order valence-electron chi connectivity index (χ4n) is 2.24. The van der Waals surface area contributed by atoms with Gasteiger partial charge in [-0.2, -0.15) is 0 Å². The zero-order valence-electron chi connectivity index (χ0n) is 13.2. The summed E-state index contributed by atoms with van der Waals surface area (Å²) in [6.45, 7) is 4.84. The van der Waals surface area contributed by atoms with Crippen LogP contribution in [0.3, 0.4) is 0 Å². The molecule has 0 fully saturated rings. The van der Waals surface area contributed by atoms with Gasteiger partial charge in [0, 0.05) is 32.4 Å². The second kappa shape index (κ2) is 6.72. The Bertz CT molecular complexity index is 589. The van der Waals surface area contributed by atoms with Crippen LogP contribution in [0.15, 0.2) is 42.5 Å². The van der Waals surface area contributed by atoms with Crippen molar-refractivity contribution in [1.82, 2.24) is 5.32 Å². The first-order chi connectivity index (χ1) is 9.97. The van der Waals surface area contributed by atoms with Crippen LogP contribution in [0, 0.1) is 5.82 Å². The lowest BCUT2D eigenvalue weighted by Gasteiger charge is -2.15. The van der Waals surface area contributed by atoms with Gasteiger partial charge in [-0.15, -0.1) is 0 Å². The van der Waals surface area contributed by atoms with E-state index in [2.05, 4.69) is 48.3 Å². The molecular formula is C18H23FN2. The highest BCUT2D eigenvalue weighted by Crippen LogP contribution is 2.26. The zero-order chi connectivity index (χ0) is 15.4. The minimum atomic E-state index is -0.191. The van der Waals surface area contributed by atoms with Gasteiger partial charge in [-0.1, -0.05) is 32.0 Å². The SMILES string of the molecule is CC(C)NCc1cc(F)ccc1-c1ccc(N(C)C)cc1. The summed E-state index contributed by atoms with van der Waals surface area (Å²) in [7, 11) is 4.04. The third-order valence-electron chi connectivity index (χ3n) is 3.46. The predicted octanol–water partition coefficient (Wildman–Crippen LogP) is 4.06. The summed E-state index contributed by atoms with van der Waals surface area (Å²) in [5, 5.41) is 3.35. The van der Waals surface area contributed by atoms with Gasteiger partial charge in [-0.3, -0.25) is 0 Å². The Labute approximate surface area is 126 Å². The molecule has 0 saturated heterocycles. The first-order valence-electron chi connectivity index (χ1n) is 7.27. The molecule has 0 saturated carbocycles. The van der Waals surface area contributed by atoms with Crippen molar-refractivity contribution in [2.24, 2.45) is 0 Å². The fourth-order valence-corrected chi connectivity index (χ4v) is 2.24. The lowest BCUT2D eigenvalue weighted by atomic mass is 9.99. The van der Waals surface area contributed by atoms with E-state index in [-0.39, 0.29) is 5.82 Å². The lowest BCUT2D eigenvalue weighted by molar-refractivity contribution is 0.582. The van der Waals surface area contributed by atoms with Crippen molar-refractivity contribution in [1.29, 1.82) is 0 Å². The number of rotatable bonds is 5. The highest BCUT2D eigenvalue weighted by Gasteiger charge is 2.08. The first-order valence-corrected chi connectivity index (χ1v) is 7.27. The maximum atomic E-state index is 13.5. The van der Waals surface area contributed by atoms with Gasteiger partial charge in [-0.25, -0.2) is 4.39 Å². The molecule has 0 spiro atoms. The predicted molar refractivity (Wildman–Crippen MR) is 88.1 cm³/mol. The van der Waals surface area contributed by atoms with E-state index in [1.807, 2.05) is 20.2 Å². The van der Waals surface area contributed by atoms with Crippen LogP contribution in [-0.2, 0) is 6.54 Å². The lowest BCUT2D eigenvalue weighted by Crippen LogP contribution is -2.22. The molecule has 0 unspecified atom stereocenters. The zero-order valence-corrected chi connectivity index (χ0v) is 13.2. The highest BCUT2D eigenvalue weighted by atomic mass is 19.1. The van der Waals surface area contributed by atoms with Crippen LogP contribution in [-0.4, -0.2) is 20.1 Å². The number of halogens is 1. The van der Waals surface area contributed by atoms with Crippen LogP contribution in [0.2, 0.25) is 0 Å². The topological polar surface area (TPSA) is 15.3 Å². The van der Waals surface area contributed by atoms with Crippen molar-refractivity contribution < 1.29 is 4.39 Å². The molecule has 2 aromatic carbocycles. The van der Waals surface area contributed by atoms with Gasteiger partial charge in [-0.05, 0) is 41.0 Å². The van der Waals surface area contributed by atoms with Crippen LogP contribution in [0.25, 0.3) is 11.1 Å². The van der Waals surface area contributed by atoms with E-state index in [0.717, 1.165) is 22.4 Å². The Balaban J connectivity index is 2.33. The number of nitrogens with one attached hydrogen (secondary N) is 1. The number of benzene rings is 2. The summed E-state index contributed by atoms with van der Waals surface area (Å²) < 4.78 is 13.5. The van der Waals surface area contributed by atoms with Crippen LogP contribution >= 0.6 is 0 Å². The summed E-state index contributed by atoms with van der Waals surface area (Å²) in [6, 6.07) is 13.7. The Hall–Kier alpha value is -1.87. The summed E-state index contributed by atoms with van der Waals surface area (Å²) in [5.74, 6) is -0.191. The van der Waals surface area contributed by atoms with Gasteiger partial charge in [0.05, 0.1) is 0 Å². The quantitative estimate of drug-likeness (QED) is 0.892. The standard InChI is InChI=1S/C18H23FN2/c1-13(2)20-12-15-11-16(19)7-10-18(15)14-5-8-17(9-6-14)21(3)4/h5-11,13,20H,12H2,1-4H3. The Morgan fingerprint density at radius 2 is 1.71 bits per heavy atom. The van der Waals surface area contributed by atoms with Crippen LogP contribution < -0.4 is 10.2 Å². The van der Waals surface area contributed by atoms with Crippen molar-refractivity contribution >= 4 is 5.69 Å². The third kappa shape index (κ3) is 4.05. The van der Waals surface area contributed by atoms with E-state index >= 15 is 0 Å². The molecule has 2 nitrogen and oxygen atoms in total. The molecule has 2 aromatic rings. The van der Waals surface area contributed by atoms with Crippen LogP contribution in [0.4, 0.5) is 10.1 Å². The van der Waals surface area contributed by atoms with E-state index in [9.17, 15) is 4.39 Å². The van der Waals surface area contributed by atoms with Crippen molar-refractivity contribution in [3.05, 3.63) is 53.8 Å². The van der Waals surface area contributed by atoms with Gasteiger partial charge >= 0.3 is 0 Å². The monoisotopic (exact) mass is 286 g/mol. The van der Waals surface area contributed by atoms with Gasteiger partial charge in [0.25, 0.3) is 0 Å². The molecule has 112 valence electrons. The molecule has 21 heavy (non-hydrogen) atoms.